The molecule has 1 amide bonds. The lowest BCUT2D eigenvalue weighted by atomic mass is 10.0. The van der Waals surface area contributed by atoms with Crippen LogP contribution in [0, 0.1) is 0 Å². The average molecular weight is 377 g/mol. The molecule has 1 saturated heterocycles. The normalized spacial score (nSPS) is 16.8. The average Bonchev–Trinajstić information content (AvgIpc) is 2.74. The molecule has 3 aromatic rings. The van der Waals surface area contributed by atoms with E-state index in [1.54, 1.807) is 6.07 Å². The standard InChI is InChI=1S/C20H23N7O/c21-9-12-3-5-13(6-4-12)16-8-15(19(22)28)17-18(27-16)20(25-11-24-17)26-14-2-1-7-23-10-14/h3-6,8,11,14,23H,1-2,7,9-10,21H2,(H2,22,28)(H,24,25,26)/t14-/m0/s1. The lowest BCUT2D eigenvalue weighted by molar-refractivity contribution is 0.100. The number of anilines is 1. The van der Waals surface area contributed by atoms with E-state index in [1.807, 2.05) is 24.3 Å². The van der Waals surface area contributed by atoms with Crippen LogP contribution in [0.25, 0.3) is 22.3 Å². The number of primary amides is 1. The highest BCUT2D eigenvalue weighted by Crippen LogP contribution is 2.27. The lowest BCUT2D eigenvalue weighted by Crippen LogP contribution is -2.38. The summed E-state index contributed by atoms with van der Waals surface area (Å²) in [5, 5.41) is 6.81. The molecule has 6 N–H and O–H groups in total. The monoisotopic (exact) mass is 377 g/mol. The van der Waals surface area contributed by atoms with Crippen molar-refractivity contribution in [2.45, 2.75) is 25.4 Å². The van der Waals surface area contributed by atoms with Gasteiger partial charge in [0.2, 0.25) is 0 Å². The van der Waals surface area contributed by atoms with Gasteiger partial charge in [-0.1, -0.05) is 24.3 Å². The molecule has 0 aliphatic carbocycles. The largest absolute Gasteiger partial charge is 0.366 e. The number of aromatic nitrogens is 3. The minimum Gasteiger partial charge on any atom is -0.366 e. The highest BCUT2D eigenvalue weighted by Gasteiger charge is 2.19. The van der Waals surface area contributed by atoms with Crippen molar-refractivity contribution in [3.8, 4) is 11.3 Å². The van der Waals surface area contributed by atoms with Crippen molar-refractivity contribution in [1.82, 2.24) is 20.3 Å². The van der Waals surface area contributed by atoms with Crippen LogP contribution < -0.4 is 22.1 Å². The highest BCUT2D eigenvalue weighted by molar-refractivity contribution is 6.06. The summed E-state index contributed by atoms with van der Waals surface area (Å²) in [7, 11) is 0. The van der Waals surface area contributed by atoms with Gasteiger partial charge in [-0.3, -0.25) is 4.79 Å². The summed E-state index contributed by atoms with van der Waals surface area (Å²) in [6, 6.07) is 9.69. The van der Waals surface area contributed by atoms with Gasteiger partial charge in [0.05, 0.1) is 11.3 Å². The number of amides is 1. The van der Waals surface area contributed by atoms with E-state index >= 15 is 0 Å². The zero-order chi connectivity index (χ0) is 19.5. The SMILES string of the molecule is NCc1ccc(-c2cc(C(N)=O)c3ncnc(N[C@H]4CCCNC4)c3n2)cc1. The third-order valence-corrected chi connectivity index (χ3v) is 4.98. The van der Waals surface area contributed by atoms with Crippen molar-refractivity contribution in [2.75, 3.05) is 18.4 Å². The van der Waals surface area contributed by atoms with Gasteiger partial charge in [-0.25, -0.2) is 15.0 Å². The number of fused-ring (bicyclic) bond motifs is 1. The first kappa shape index (κ1) is 18.3. The number of hydrogen-bond donors (Lipinski definition) is 4. The fraction of sp³-hybridized carbons (Fsp3) is 0.300. The molecule has 1 atom stereocenters. The highest BCUT2D eigenvalue weighted by atomic mass is 16.1. The van der Waals surface area contributed by atoms with Gasteiger partial charge >= 0.3 is 0 Å². The van der Waals surface area contributed by atoms with Gasteiger partial charge < -0.3 is 22.1 Å². The molecule has 1 aliphatic rings. The Kier molecular flexibility index (Phi) is 5.14. The Hall–Kier alpha value is -3.10. The van der Waals surface area contributed by atoms with Crippen LogP contribution in [-0.4, -0.2) is 40.0 Å². The van der Waals surface area contributed by atoms with E-state index in [1.165, 1.54) is 6.33 Å². The molecular formula is C20H23N7O. The summed E-state index contributed by atoms with van der Waals surface area (Å²) in [6.07, 6.45) is 3.57. The van der Waals surface area contributed by atoms with Gasteiger partial charge in [-0.2, -0.15) is 0 Å². The molecule has 0 radical (unpaired) electrons. The molecule has 3 heterocycles. The molecule has 8 nitrogen and oxygen atoms in total. The summed E-state index contributed by atoms with van der Waals surface area (Å²) in [6.45, 7) is 2.35. The minimum absolute atomic E-state index is 0.248. The molecule has 0 bridgehead atoms. The number of rotatable bonds is 5. The smallest absolute Gasteiger partial charge is 0.251 e. The van der Waals surface area contributed by atoms with Crippen LogP contribution in [0.1, 0.15) is 28.8 Å². The molecule has 1 aliphatic heterocycles. The van der Waals surface area contributed by atoms with Crippen molar-refractivity contribution >= 4 is 22.8 Å². The Bertz CT molecular complexity index is 997. The first-order valence-electron chi connectivity index (χ1n) is 9.38. The molecule has 8 heteroatoms. The number of piperidine rings is 1. The number of pyridine rings is 1. The maximum Gasteiger partial charge on any atom is 0.251 e. The van der Waals surface area contributed by atoms with Crippen LogP contribution in [0.5, 0.6) is 0 Å². The fourth-order valence-electron chi connectivity index (χ4n) is 3.46. The first-order valence-corrected chi connectivity index (χ1v) is 9.38. The molecular weight excluding hydrogens is 354 g/mol. The lowest BCUT2D eigenvalue weighted by Gasteiger charge is -2.24. The number of carbonyl (C=O) groups is 1. The Morgan fingerprint density at radius 2 is 2.04 bits per heavy atom. The number of hydrogen-bond acceptors (Lipinski definition) is 7. The van der Waals surface area contributed by atoms with E-state index in [0.29, 0.717) is 34.7 Å². The van der Waals surface area contributed by atoms with Crippen LogP contribution in [-0.2, 0) is 6.54 Å². The van der Waals surface area contributed by atoms with Crippen LogP contribution in [0.3, 0.4) is 0 Å². The molecule has 144 valence electrons. The maximum absolute atomic E-state index is 12.1. The fourth-order valence-corrected chi connectivity index (χ4v) is 3.46. The van der Waals surface area contributed by atoms with E-state index in [4.69, 9.17) is 16.5 Å². The predicted molar refractivity (Wildman–Crippen MR) is 109 cm³/mol. The van der Waals surface area contributed by atoms with Crippen LogP contribution in [0.2, 0.25) is 0 Å². The number of nitrogens with two attached hydrogens (primary N) is 2. The Morgan fingerprint density at radius 3 is 2.71 bits per heavy atom. The van der Waals surface area contributed by atoms with Gasteiger partial charge in [-0.05, 0) is 31.0 Å². The topological polar surface area (TPSA) is 132 Å². The Morgan fingerprint density at radius 1 is 1.21 bits per heavy atom. The van der Waals surface area contributed by atoms with Gasteiger partial charge in [0.25, 0.3) is 5.91 Å². The van der Waals surface area contributed by atoms with Crippen molar-refractivity contribution in [2.24, 2.45) is 11.5 Å². The second-order valence-electron chi connectivity index (χ2n) is 6.93. The first-order chi connectivity index (χ1) is 13.7. The maximum atomic E-state index is 12.1. The summed E-state index contributed by atoms with van der Waals surface area (Å²) < 4.78 is 0. The summed E-state index contributed by atoms with van der Waals surface area (Å²) >= 11 is 0. The van der Waals surface area contributed by atoms with E-state index in [2.05, 4.69) is 20.6 Å². The van der Waals surface area contributed by atoms with E-state index < -0.39 is 5.91 Å². The number of carbonyl (C=O) groups excluding carboxylic acids is 1. The molecule has 4 rings (SSSR count). The Balaban J connectivity index is 1.82. The van der Waals surface area contributed by atoms with Crippen molar-refractivity contribution in [3.63, 3.8) is 0 Å². The van der Waals surface area contributed by atoms with Crippen molar-refractivity contribution < 1.29 is 4.79 Å². The van der Waals surface area contributed by atoms with Crippen LogP contribution in [0.4, 0.5) is 5.82 Å². The van der Waals surface area contributed by atoms with Crippen molar-refractivity contribution in [1.29, 1.82) is 0 Å². The zero-order valence-electron chi connectivity index (χ0n) is 15.5. The molecule has 2 aromatic heterocycles. The van der Waals surface area contributed by atoms with E-state index in [0.717, 1.165) is 37.1 Å². The van der Waals surface area contributed by atoms with Gasteiger partial charge in [0, 0.05) is 24.7 Å². The quantitative estimate of drug-likeness (QED) is 0.528. The number of nitrogens with one attached hydrogen (secondary N) is 2. The molecule has 1 aromatic carbocycles. The summed E-state index contributed by atoms with van der Waals surface area (Å²) in [5.41, 5.74) is 15.2. The third-order valence-electron chi connectivity index (χ3n) is 4.98. The molecule has 1 fully saturated rings. The van der Waals surface area contributed by atoms with Gasteiger partial charge in [0.1, 0.15) is 17.4 Å². The second-order valence-corrected chi connectivity index (χ2v) is 6.93. The number of nitrogens with zero attached hydrogens (tertiary/aromatic N) is 3. The second kappa shape index (κ2) is 7.87. The molecule has 0 saturated carbocycles. The van der Waals surface area contributed by atoms with Gasteiger partial charge in [0.15, 0.2) is 5.82 Å². The van der Waals surface area contributed by atoms with E-state index in [-0.39, 0.29) is 6.04 Å². The summed E-state index contributed by atoms with van der Waals surface area (Å²) in [4.78, 5) is 25.5. The Labute approximate surface area is 162 Å². The third kappa shape index (κ3) is 3.64. The van der Waals surface area contributed by atoms with Crippen LogP contribution in [0.15, 0.2) is 36.7 Å². The van der Waals surface area contributed by atoms with Gasteiger partial charge in [-0.15, -0.1) is 0 Å². The molecule has 28 heavy (non-hydrogen) atoms. The van der Waals surface area contributed by atoms with Crippen molar-refractivity contribution in [3.05, 3.63) is 47.8 Å². The number of benzene rings is 1. The molecule has 0 unspecified atom stereocenters. The predicted octanol–water partition coefficient (Wildman–Crippen LogP) is 1.41. The van der Waals surface area contributed by atoms with Crippen LogP contribution >= 0.6 is 0 Å². The minimum atomic E-state index is -0.545. The van der Waals surface area contributed by atoms with E-state index in [9.17, 15) is 4.79 Å². The zero-order valence-corrected chi connectivity index (χ0v) is 15.5. The molecule has 0 spiro atoms. The summed E-state index contributed by atoms with van der Waals surface area (Å²) in [5.74, 6) is 0.0674.